The highest BCUT2D eigenvalue weighted by Gasteiger charge is 2.32. The third kappa shape index (κ3) is 4.36. The number of rotatable bonds is 4. The molecule has 0 saturated carbocycles. The van der Waals surface area contributed by atoms with E-state index in [1.54, 1.807) is 19.4 Å². The molecule has 3 heterocycles. The Morgan fingerprint density at radius 3 is 2.44 bits per heavy atom. The second kappa shape index (κ2) is 7.22. The Balaban J connectivity index is 1.55. The van der Waals surface area contributed by atoms with Crippen molar-refractivity contribution in [2.75, 3.05) is 38.2 Å². The Bertz CT molecular complexity index is 700. The number of ether oxygens (including phenoxy) is 1. The van der Waals surface area contributed by atoms with Crippen molar-refractivity contribution in [3.8, 4) is 5.88 Å². The normalized spacial score (nSPS) is 16.1. The molecular weight excluding hydrogens is 335 g/mol. The molecule has 2 aromatic heterocycles. The van der Waals surface area contributed by atoms with Gasteiger partial charge in [0.1, 0.15) is 5.69 Å². The molecule has 0 radical (unpaired) electrons. The molecule has 0 atom stereocenters. The predicted octanol–water partition coefficient (Wildman–Crippen LogP) is 2.22. The van der Waals surface area contributed by atoms with Gasteiger partial charge in [-0.3, -0.25) is 9.88 Å². The summed E-state index contributed by atoms with van der Waals surface area (Å²) < 4.78 is 42.7. The number of halogens is 3. The quantitative estimate of drug-likeness (QED) is 0.840. The maximum absolute atomic E-state index is 12.5. The van der Waals surface area contributed by atoms with Gasteiger partial charge < -0.3 is 9.64 Å². The van der Waals surface area contributed by atoms with Crippen molar-refractivity contribution in [1.82, 2.24) is 19.9 Å². The molecule has 2 aromatic rings. The largest absolute Gasteiger partial charge is 0.481 e. The van der Waals surface area contributed by atoms with Crippen molar-refractivity contribution in [3.05, 3.63) is 41.9 Å². The Labute approximate surface area is 143 Å². The first kappa shape index (κ1) is 17.4. The molecule has 25 heavy (non-hydrogen) atoms. The summed E-state index contributed by atoms with van der Waals surface area (Å²) in [6, 6.07) is 4.19. The second-order valence-corrected chi connectivity index (χ2v) is 5.71. The van der Waals surface area contributed by atoms with Crippen molar-refractivity contribution in [2.45, 2.75) is 12.7 Å². The molecule has 9 heteroatoms. The summed E-state index contributed by atoms with van der Waals surface area (Å²) in [5.74, 6) is 1.14. The number of methoxy groups -OCH3 is 1. The minimum Gasteiger partial charge on any atom is -0.481 e. The topological polar surface area (TPSA) is 54.4 Å². The summed E-state index contributed by atoms with van der Waals surface area (Å²) in [4.78, 5) is 16.3. The van der Waals surface area contributed by atoms with E-state index < -0.39 is 11.9 Å². The van der Waals surface area contributed by atoms with E-state index in [-0.39, 0.29) is 0 Å². The van der Waals surface area contributed by atoms with E-state index >= 15 is 0 Å². The van der Waals surface area contributed by atoms with E-state index in [9.17, 15) is 13.2 Å². The standard InChI is InChI=1S/C16H18F3N5O/c1-25-14-4-5-20-15(22-14)24-8-6-23(7-9-24)11-12-2-3-13(21-10-12)16(17,18)19/h2-5,10H,6-9,11H2,1H3. The molecule has 0 spiro atoms. The fraction of sp³-hybridized carbons (Fsp3) is 0.438. The van der Waals surface area contributed by atoms with Crippen LogP contribution < -0.4 is 9.64 Å². The van der Waals surface area contributed by atoms with Gasteiger partial charge in [0.05, 0.1) is 7.11 Å². The minimum absolute atomic E-state index is 0.517. The second-order valence-electron chi connectivity index (χ2n) is 5.71. The van der Waals surface area contributed by atoms with Crippen LogP contribution in [-0.4, -0.2) is 53.1 Å². The SMILES string of the molecule is COc1ccnc(N2CCN(Cc3ccc(C(F)(F)F)nc3)CC2)n1. The fourth-order valence-corrected chi connectivity index (χ4v) is 2.65. The van der Waals surface area contributed by atoms with Crippen LogP contribution in [-0.2, 0) is 12.7 Å². The molecule has 0 aromatic carbocycles. The molecule has 1 saturated heterocycles. The average molecular weight is 353 g/mol. The first-order valence-electron chi connectivity index (χ1n) is 7.82. The molecule has 134 valence electrons. The van der Waals surface area contributed by atoms with Gasteiger partial charge in [0.25, 0.3) is 0 Å². The molecule has 3 rings (SSSR count). The molecule has 1 aliphatic heterocycles. The average Bonchev–Trinajstić information content (AvgIpc) is 2.62. The summed E-state index contributed by atoms with van der Waals surface area (Å²) in [6.45, 7) is 3.57. The maximum Gasteiger partial charge on any atom is 0.433 e. The molecule has 1 aliphatic rings. The molecule has 0 unspecified atom stereocenters. The minimum atomic E-state index is -4.40. The van der Waals surface area contributed by atoms with Crippen molar-refractivity contribution in [1.29, 1.82) is 0 Å². The summed E-state index contributed by atoms with van der Waals surface area (Å²) >= 11 is 0. The van der Waals surface area contributed by atoms with Crippen molar-refractivity contribution in [2.24, 2.45) is 0 Å². The van der Waals surface area contributed by atoms with Crippen LogP contribution in [0.15, 0.2) is 30.6 Å². The fourth-order valence-electron chi connectivity index (χ4n) is 2.65. The van der Waals surface area contributed by atoms with Crippen molar-refractivity contribution in [3.63, 3.8) is 0 Å². The first-order chi connectivity index (χ1) is 12.0. The van der Waals surface area contributed by atoms with E-state index in [0.717, 1.165) is 37.8 Å². The summed E-state index contributed by atoms with van der Waals surface area (Å²) in [5, 5.41) is 0. The number of aromatic nitrogens is 3. The number of nitrogens with zero attached hydrogens (tertiary/aromatic N) is 5. The highest BCUT2D eigenvalue weighted by molar-refractivity contribution is 5.32. The molecular formula is C16H18F3N5O. The van der Waals surface area contributed by atoms with Crippen LogP contribution in [0.3, 0.4) is 0 Å². The van der Waals surface area contributed by atoms with Crippen LogP contribution in [0.5, 0.6) is 5.88 Å². The van der Waals surface area contributed by atoms with Crippen LogP contribution in [0.4, 0.5) is 19.1 Å². The zero-order valence-electron chi connectivity index (χ0n) is 13.7. The highest BCUT2D eigenvalue weighted by Crippen LogP contribution is 2.27. The van der Waals surface area contributed by atoms with Gasteiger partial charge in [-0.1, -0.05) is 6.07 Å². The molecule has 0 bridgehead atoms. The number of pyridine rings is 1. The Morgan fingerprint density at radius 2 is 1.84 bits per heavy atom. The maximum atomic E-state index is 12.5. The van der Waals surface area contributed by atoms with E-state index in [2.05, 4.69) is 24.8 Å². The van der Waals surface area contributed by atoms with Crippen LogP contribution in [0.2, 0.25) is 0 Å². The van der Waals surface area contributed by atoms with Gasteiger partial charge in [-0.15, -0.1) is 0 Å². The number of anilines is 1. The molecule has 0 aliphatic carbocycles. The zero-order chi connectivity index (χ0) is 17.9. The van der Waals surface area contributed by atoms with Crippen LogP contribution >= 0.6 is 0 Å². The monoisotopic (exact) mass is 353 g/mol. The van der Waals surface area contributed by atoms with E-state index in [1.807, 2.05) is 0 Å². The summed E-state index contributed by atoms with van der Waals surface area (Å²) in [7, 11) is 1.56. The lowest BCUT2D eigenvalue weighted by molar-refractivity contribution is -0.141. The van der Waals surface area contributed by atoms with Gasteiger partial charge in [-0.2, -0.15) is 18.2 Å². The molecule has 1 fully saturated rings. The molecule has 0 N–H and O–H groups in total. The smallest absolute Gasteiger partial charge is 0.433 e. The van der Waals surface area contributed by atoms with Gasteiger partial charge in [0.15, 0.2) is 0 Å². The number of piperazine rings is 1. The lowest BCUT2D eigenvalue weighted by Gasteiger charge is -2.34. The van der Waals surface area contributed by atoms with Gasteiger partial charge in [-0.05, 0) is 11.6 Å². The van der Waals surface area contributed by atoms with Gasteiger partial charge in [-0.25, -0.2) is 4.98 Å². The number of hydrogen-bond acceptors (Lipinski definition) is 6. The molecule has 6 nitrogen and oxygen atoms in total. The zero-order valence-corrected chi connectivity index (χ0v) is 13.7. The highest BCUT2D eigenvalue weighted by atomic mass is 19.4. The Kier molecular flexibility index (Phi) is 5.03. The Morgan fingerprint density at radius 1 is 1.08 bits per heavy atom. The van der Waals surface area contributed by atoms with E-state index in [4.69, 9.17) is 4.74 Å². The van der Waals surface area contributed by atoms with E-state index in [1.165, 1.54) is 12.3 Å². The number of hydrogen-bond donors (Lipinski definition) is 0. The van der Waals surface area contributed by atoms with Crippen molar-refractivity contribution >= 4 is 5.95 Å². The third-order valence-electron chi connectivity index (χ3n) is 4.00. The molecule has 0 amide bonds. The van der Waals surface area contributed by atoms with Gasteiger partial charge >= 0.3 is 6.18 Å². The van der Waals surface area contributed by atoms with Crippen LogP contribution in [0.1, 0.15) is 11.3 Å². The van der Waals surface area contributed by atoms with Crippen LogP contribution in [0.25, 0.3) is 0 Å². The van der Waals surface area contributed by atoms with Crippen molar-refractivity contribution < 1.29 is 17.9 Å². The third-order valence-corrected chi connectivity index (χ3v) is 4.00. The van der Waals surface area contributed by atoms with Gasteiger partial charge in [0, 0.05) is 51.2 Å². The number of alkyl halides is 3. The lowest BCUT2D eigenvalue weighted by atomic mass is 10.2. The first-order valence-corrected chi connectivity index (χ1v) is 7.82. The van der Waals surface area contributed by atoms with E-state index in [0.29, 0.717) is 18.4 Å². The predicted molar refractivity (Wildman–Crippen MR) is 85.3 cm³/mol. The summed E-state index contributed by atoms with van der Waals surface area (Å²) in [5.41, 5.74) is -0.102. The lowest BCUT2D eigenvalue weighted by Crippen LogP contribution is -2.46. The summed E-state index contributed by atoms with van der Waals surface area (Å²) in [6.07, 6.45) is -1.46. The Hall–Kier alpha value is -2.42. The van der Waals surface area contributed by atoms with Crippen LogP contribution in [0, 0.1) is 0 Å². The van der Waals surface area contributed by atoms with Gasteiger partial charge in [0.2, 0.25) is 11.8 Å².